The third kappa shape index (κ3) is 6.19. The van der Waals surface area contributed by atoms with E-state index >= 15 is 0 Å². The Balaban J connectivity index is 1.79. The number of benzene rings is 2. The maximum atomic E-state index is 12.6. The van der Waals surface area contributed by atoms with Crippen LogP contribution in [-0.2, 0) is 14.8 Å². The summed E-state index contributed by atoms with van der Waals surface area (Å²) in [5.74, 6) is 0. The van der Waals surface area contributed by atoms with Crippen LogP contribution in [0.5, 0.6) is 0 Å². The van der Waals surface area contributed by atoms with Crippen LogP contribution in [0.1, 0.15) is 20.8 Å². The van der Waals surface area contributed by atoms with Crippen molar-refractivity contribution in [2.24, 2.45) is 0 Å². The van der Waals surface area contributed by atoms with Crippen LogP contribution in [0.4, 0.5) is 16.2 Å². The topological polar surface area (TPSA) is 97.4 Å². The lowest BCUT2D eigenvalue weighted by Crippen LogP contribution is -2.27. The fourth-order valence-electron chi connectivity index (χ4n) is 2.65. The van der Waals surface area contributed by atoms with Crippen LogP contribution < -0.4 is 10.0 Å². The van der Waals surface area contributed by atoms with Gasteiger partial charge in [0.15, 0.2) is 5.15 Å². The van der Waals surface area contributed by atoms with Crippen molar-refractivity contribution in [3.8, 4) is 11.1 Å². The van der Waals surface area contributed by atoms with Gasteiger partial charge in [-0.05, 0) is 56.7 Å². The molecule has 0 unspecified atom stereocenters. The van der Waals surface area contributed by atoms with Gasteiger partial charge in [0.05, 0.1) is 10.6 Å². The van der Waals surface area contributed by atoms with Crippen LogP contribution in [0.15, 0.2) is 71.8 Å². The molecule has 0 aliphatic carbocycles. The van der Waals surface area contributed by atoms with Crippen LogP contribution in [0.2, 0.25) is 5.15 Å². The number of amides is 1. The number of carbonyl (C=O) groups excluding carboxylic acids is 1. The van der Waals surface area contributed by atoms with Crippen molar-refractivity contribution in [1.82, 2.24) is 4.98 Å². The number of hydrogen-bond acceptors (Lipinski definition) is 5. The number of nitrogens with zero attached hydrogens (tertiary/aromatic N) is 1. The molecule has 1 heterocycles. The van der Waals surface area contributed by atoms with E-state index < -0.39 is 21.7 Å². The summed E-state index contributed by atoms with van der Waals surface area (Å²) >= 11 is 6.11. The molecule has 2 aromatic carbocycles. The zero-order valence-electron chi connectivity index (χ0n) is 17.2. The molecule has 0 radical (unpaired) electrons. The largest absolute Gasteiger partial charge is 0.444 e. The molecule has 9 heteroatoms. The Morgan fingerprint density at radius 1 is 1.00 bits per heavy atom. The number of halogens is 1. The minimum Gasteiger partial charge on any atom is -0.444 e. The van der Waals surface area contributed by atoms with E-state index in [0.717, 1.165) is 5.56 Å². The van der Waals surface area contributed by atoms with Crippen LogP contribution in [0.25, 0.3) is 11.1 Å². The van der Waals surface area contributed by atoms with E-state index in [-0.39, 0.29) is 15.7 Å². The van der Waals surface area contributed by atoms with Gasteiger partial charge in [-0.2, -0.15) is 0 Å². The molecule has 1 amide bonds. The van der Waals surface area contributed by atoms with Gasteiger partial charge in [0.1, 0.15) is 5.60 Å². The van der Waals surface area contributed by atoms with Gasteiger partial charge in [0.2, 0.25) is 0 Å². The highest BCUT2D eigenvalue weighted by Gasteiger charge is 2.18. The molecule has 162 valence electrons. The van der Waals surface area contributed by atoms with Crippen LogP contribution >= 0.6 is 11.6 Å². The first-order valence-electron chi connectivity index (χ1n) is 9.37. The van der Waals surface area contributed by atoms with Gasteiger partial charge in [0.25, 0.3) is 10.0 Å². The lowest BCUT2D eigenvalue weighted by atomic mass is 10.1. The summed E-state index contributed by atoms with van der Waals surface area (Å²) in [6.07, 6.45) is 0.991. The van der Waals surface area contributed by atoms with Crippen molar-refractivity contribution in [3.63, 3.8) is 0 Å². The standard InChI is InChI=1S/C22H22ClN3O4S/c1-22(2,3)30-21(27)25-17-11-9-15(10-12-17)16-13-19(20(23)24-14-16)26-31(28,29)18-7-5-4-6-8-18/h4-14,26H,1-3H3,(H,25,27). The summed E-state index contributed by atoms with van der Waals surface area (Å²) in [6, 6.07) is 16.6. The molecule has 2 N–H and O–H groups in total. The maximum absolute atomic E-state index is 12.6. The number of nitrogens with one attached hydrogen (secondary N) is 2. The molecule has 0 aliphatic heterocycles. The molecular formula is C22H22ClN3O4S. The van der Waals surface area contributed by atoms with Gasteiger partial charge >= 0.3 is 6.09 Å². The molecule has 0 bridgehead atoms. The van der Waals surface area contributed by atoms with Gasteiger partial charge in [-0.1, -0.05) is 41.9 Å². The SMILES string of the molecule is CC(C)(C)OC(=O)Nc1ccc(-c2cnc(Cl)c(NS(=O)(=O)c3ccccc3)c2)cc1. The lowest BCUT2D eigenvalue weighted by molar-refractivity contribution is 0.0636. The van der Waals surface area contributed by atoms with E-state index in [1.54, 1.807) is 75.5 Å². The Kier molecular flexibility index (Phi) is 6.52. The quantitative estimate of drug-likeness (QED) is 0.487. The van der Waals surface area contributed by atoms with Gasteiger partial charge in [-0.3, -0.25) is 10.0 Å². The summed E-state index contributed by atoms with van der Waals surface area (Å²) < 4.78 is 32.9. The van der Waals surface area contributed by atoms with Gasteiger partial charge in [-0.25, -0.2) is 18.2 Å². The van der Waals surface area contributed by atoms with Crippen molar-refractivity contribution in [2.75, 3.05) is 10.0 Å². The highest BCUT2D eigenvalue weighted by molar-refractivity contribution is 7.92. The second-order valence-electron chi connectivity index (χ2n) is 7.69. The van der Waals surface area contributed by atoms with Crippen molar-refractivity contribution in [1.29, 1.82) is 0 Å². The van der Waals surface area contributed by atoms with Crippen LogP contribution in [0.3, 0.4) is 0 Å². The van der Waals surface area contributed by atoms with E-state index in [2.05, 4.69) is 15.0 Å². The summed E-state index contributed by atoms with van der Waals surface area (Å²) in [7, 11) is -3.81. The fourth-order valence-corrected chi connectivity index (χ4v) is 3.93. The van der Waals surface area contributed by atoms with E-state index in [1.807, 2.05) is 0 Å². The van der Waals surface area contributed by atoms with Crippen LogP contribution in [0, 0.1) is 0 Å². The van der Waals surface area contributed by atoms with Crippen molar-refractivity contribution >= 4 is 39.1 Å². The molecule has 0 saturated heterocycles. The Labute approximate surface area is 186 Å². The lowest BCUT2D eigenvalue weighted by Gasteiger charge is -2.19. The zero-order chi connectivity index (χ0) is 22.6. The van der Waals surface area contributed by atoms with Crippen molar-refractivity contribution in [2.45, 2.75) is 31.3 Å². The Bertz CT molecular complexity index is 1180. The summed E-state index contributed by atoms with van der Waals surface area (Å²) in [5.41, 5.74) is 1.55. The fraction of sp³-hybridized carbons (Fsp3) is 0.182. The molecule has 0 fully saturated rings. The minimum atomic E-state index is -3.81. The number of sulfonamides is 1. The summed E-state index contributed by atoms with van der Waals surface area (Å²) in [5, 5.41) is 2.69. The summed E-state index contributed by atoms with van der Waals surface area (Å²) in [4.78, 5) is 16.1. The highest BCUT2D eigenvalue weighted by Crippen LogP contribution is 2.29. The molecule has 3 aromatic rings. The van der Waals surface area contributed by atoms with Gasteiger partial charge < -0.3 is 4.74 Å². The van der Waals surface area contributed by atoms with Crippen LogP contribution in [-0.4, -0.2) is 25.1 Å². The molecule has 0 atom stereocenters. The molecule has 7 nitrogen and oxygen atoms in total. The smallest absolute Gasteiger partial charge is 0.412 e. The molecule has 0 saturated carbocycles. The van der Waals surface area contributed by atoms with Crippen molar-refractivity contribution in [3.05, 3.63) is 72.0 Å². The normalized spacial score (nSPS) is 11.6. The highest BCUT2D eigenvalue weighted by atomic mass is 35.5. The molecule has 0 aliphatic rings. The Morgan fingerprint density at radius 3 is 2.26 bits per heavy atom. The van der Waals surface area contributed by atoms with E-state index in [4.69, 9.17) is 16.3 Å². The number of rotatable bonds is 5. The predicted molar refractivity (Wildman–Crippen MR) is 122 cm³/mol. The molecule has 31 heavy (non-hydrogen) atoms. The third-order valence-electron chi connectivity index (χ3n) is 4.00. The predicted octanol–water partition coefficient (Wildman–Crippen LogP) is 5.55. The average Bonchev–Trinajstić information content (AvgIpc) is 2.69. The van der Waals surface area contributed by atoms with E-state index in [0.29, 0.717) is 11.3 Å². The molecular weight excluding hydrogens is 438 g/mol. The monoisotopic (exact) mass is 459 g/mol. The number of carbonyl (C=O) groups is 1. The average molecular weight is 460 g/mol. The first kappa shape index (κ1) is 22.6. The minimum absolute atomic E-state index is 0.0338. The number of aromatic nitrogens is 1. The third-order valence-corrected chi connectivity index (χ3v) is 5.68. The number of anilines is 2. The molecule has 3 rings (SSSR count). The maximum Gasteiger partial charge on any atom is 0.412 e. The zero-order valence-corrected chi connectivity index (χ0v) is 18.8. The van der Waals surface area contributed by atoms with Gasteiger partial charge in [0, 0.05) is 17.4 Å². The first-order valence-corrected chi connectivity index (χ1v) is 11.2. The Morgan fingerprint density at radius 2 is 1.65 bits per heavy atom. The second kappa shape index (κ2) is 8.95. The summed E-state index contributed by atoms with van der Waals surface area (Å²) in [6.45, 7) is 5.35. The molecule has 1 aromatic heterocycles. The number of hydrogen-bond donors (Lipinski definition) is 2. The number of ether oxygens (including phenoxy) is 1. The number of pyridine rings is 1. The van der Waals surface area contributed by atoms with Gasteiger partial charge in [-0.15, -0.1) is 0 Å². The van der Waals surface area contributed by atoms with E-state index in [9.17, 15) is 13.2 Å². The van der Waals surface area contributed by atoms with Crippen molar-refractivity contribution < 1.29 is 17.9 Å². The molecule has 0 spiro atoms. The second-order valence-corrected chi connectivity index (χ2v) is 9.73. The first-order chi connectivity index (χ1) is 14.5. The van der Waals surface area contributed by atoms with E-state index in [1.165, 1.54) is 12.1 Å². The Hall–Kier alpha value is -3.10.